The summed E-state index contributed by atoms with van der Waals surface area (Å²) in [7, 11) is 1.80. The summed E-state index contributed by atoms with van der Waals surface area (Å²) in [6, 6.07) is 1.12. The van der Waals surface area contributed by atoms with E-state index < -0.39 is 0 Å². The van der Waals surface area contributed by atoms with Crippen LogP contribution in [0.5, 0.6) is 0 Å². The molecule has 0 bridgehead atoms. The summed E-state index contributed by atoms with van der Waals surface area (Å²) in [5, 5.41) is 12.6. The van der Waals surface area contributed by atoms with Gasteiger partial charge in [-0.05, 0) is 38.5 Å². The number of aliphatic hydroxyl groups is 1. The van der Waals surface area contributed by atoms with Crippen LogP contribution < -0.4 is 5.32 Å². The van der Waals surface area contributed by atoms with E-state index in [1.165, 1.54) is 25.7 Å². The molecule has 0 aliphatic heterocycles. The summed E-state index contributed by atoms with van der Waals surface area (Å²) >= 11 is 0. The topological polar surface area (TPSA) is 41.5 Å². The van der Waals surface area contributed by atoms with Crippen molar-refractivity contribution in [2.75, 3.05) is 13.7 Å². The Balaban J connectivity index is 2.21. The van der Waals surface area contributed by atoms with E-state index in [1.807, 2.05) is 0 Å². The van der Waals surface area contributed by atoms with Gasteiger partial charge in [0.1, 0.15) is 0 Å². The molecular formula is C12H25NO2. The van der Waals surface area contributed by atoms with E-state index in [-0.39, 0.29) is 0 Å². The third-order valence-corrected chi connectivity index (χ3v) is 3.45. The highest BCUT2D eigenvalue weighted by Gasteiger charge is 2.22. The van der Waals surface area contributed by atoms with Crippen LogP contribution in [-0.2, 0) is 4.74 Å². The molecule has 1 atom stereocenters. The Labute approximate surface area is 93.2 Å². The minimum absolute atomic E-state index is 0.291. The minimum atomic E-state index is 0.291. The zero-order valence-electron chi connectivity index (χ0n) is 10.0. The molecule has 1 saturated carbocycles. The lowest BCUT2D eigenvalue weighted by atomic mass is 9.92. The van der Waals surface area contributed by atoms with Crippen LogP contribution in [0.2, 0.25) is 0 Å². The second-order valence-corrected chi connectivity index (χ2v) is 4.49. The molecule has 3 nitrogen and oxygen atoms in total. The highest BCUT2D eigenvalue weighted by Crippen LogP contribution is 2.21. The average Bonchev–Trinajstić information content (AvgIpc) is 2.29. The van der Waals surface area contributed by atoms with Gasteiger partial charge in [-0.3, -0.25) is 0 Å². The van der Waals surface area contributed by atoms with Gasteiger partial charge in [0, 0.05) is 25.8 Å². The lowest BCUT2D eigenvalue weighted by molar-refractivity contribution is 0.0605. The molecule has 90 valence electrons. The Bertz CT molecular complexity index is 156. The maximum absolute atomic E-state index is 8.92. The number of hydrogen-bond donors (Lipinski definition) is 2. The van der Waals surface area contributed by atoms with Gasteiger partial charge < -0.3 is 15.2 Å². The van der Waals surface area contributed by atoms with E-state index in [0.717, 1.165) is 12.8 Å². The zero-order valence-corrected chi connectivity index (χ0v) is 10.0. The fourth-order valence-corrected chi connectivity index (χ4v) is 2.36. The summed E-state index contributed by atoms with van der Waals surface area (Å²) in [4.78, 5) is 0. The van der Waals surface area contributed by atoms with Crippen molar-refractivity contribution >= 4 is 0 Å². The van der Waals surface area contributed by atoms with Crippen LogP contribution in [0, 0.1) is 0 Å². The first-order valence-corrected chi connectivity index (χ1v) is 6.19. The smallest absolute Gasteiger partial charge is 0.0572 e. The van der Waals surface area contributed by atoms with Gasteiger partial charge >= 0.3 is 0 Å². The molecule has 15 heavy (non-hydrogen) atoms. The van der Waals surface area contributed by atoms with E-state index in [1.54, 1.807) is 7.11 Å². The first-order chi connectivity index (χ1) is 7.30. The van der Waals surface area contributed by atoms with Gasteiger partial charge in [0.2, 0.25) is 0 Å². The molecule has 1 unspecified atom stereocenters. The van der Waals surface area contributed by atoms with Gasteiger partial charge in [0.25, 0.3) is 0 Å². The van der Waals surface area contributed by atoms with Crippen LogP contribution in [0.4, 0.5) is 0 Å². The summed E-state index contributed by atoms with van der Waals surface area (Å²) < 4.78 is 5.35. The van der Waals surface area contributed by atoms with Crippen LogP contribution in [-0.4, -0.2) is 37.0 Å². The third-order valence-electron chi connectivity index (χ3n) is 3.45. The van der Waals surface area contributed by atoms with E-state index in [0.29, 0.717) is 24.8 Å². The second-order valence-electron chi connectivity index (χ2n) is 4.49. The molecule has 2 N–H and O–H groups in total. The van der Waals surface area contributed by atoms with Gasteiger partial charge in [-0.2, -0.15) is 0 Å². The molecule has 1 aliphatic rings. The van der Waals surface area contributed by atoms with Crippen LogP contribution in [0.1, 0.15) is 45.4 Å². The Hall–Kier alpha value is -0.120. The first-order valence-electron chi connectivity index (χ1n) is 6.19. The molecule has 0 spiro atoms. The van der Waals surface area contributed by atoms with Crippen molar-refractivity contribution in [3.05, 3.63) is 0 Å². The van der Waals surface area contributed by atoms with Gasteiger partial charge in [-0.25, -0.2) is 0 Å². The lowest BCUT2D eigenvalue weighted by Crippen LogP contribution is -2.41. The number of rotatable bonds is 6. The molecule has 0 aromatic carbocycles. The van der Waals surface area contributed by atoms with Gasteiger partial charge in [-0.15, -0.1) is 0 Å². The summed E-state index contributed by atoms with van der Waals surface area (Å²) in [5.41, 5.74) is 0. The number of methoxy groups -OCH3 is 1. The van der Waals surface area contributed by atoms with Crippen molar-refractivity contribution in [3.8, 4) is 0 Å². The largest absolute Gasteiger partial charge is 0.396 e. The van der Waals surface area contributed by atoms with Crippen LogP contribution in [0.3, 0.4) is 0 Å². The molecule has 0 saturated heterocycles. The standard InChI is InChI=1S/C12H25NO2/c1-3-10(8-9-14)13-11-4-6-12(15-2)7-5-11/h10-14H,3-9H2,1-2H3. The normalized spacial score (nSPS) is 29.0. The van der Waals surface area contributed by atoms with Gasteiger partial charge in [0.15, 0.2) is 0 Å². The average molecular weight is 215 g/mol. The van der Waals surface area contributed by atoms with Gasteiger partial charge in [0.05, 0.1) is 6.10 Å². The van der Waals surface area contributed by atoms with Gasteiger partial charge in [-0.1, -0.05) is 6.92 Å². The van der Waals surface area contributed by atoms with Crippen LogP contribution in [0.25, 0.3) is 0 Å². The highest BCUT2D eigenvalue weighted by molar-refractivity contribution is 4.80. The zero-order chi connectivity index (χ0) is 11.1. The molecule has 0 aromatic heterocycles. The molecule has 0 radical (unpaired) electrons. The van der Waals surface area contributed by atoms with Crippen molar-refractivity contribution in [1.82, 2.24) is 5.32 Å². The molecular weight excluding hydrogens is 190 g/mol. The predicted octanol–water partition coefficient (Wildman–Crippen LogP) is 1.69. The predicted molar refractivity (Wildman–Crippen MR) is 62.0 cm³/mol. The quantitative estimate of drug-likeness (QED) is 0.708. The summed E-state index contributed by atoms with van der Waals surface area (Å²) in [5.74, 6) is 0. The fourth-order valence-electron chi connectivity index (χ4n) is 2.36. The number of aliphatic hydroxyl groups excluding tert-OH is 1. The van der Waals surface area contributed by atoms with Crippen molar-refractivity contribution < 1.29 is 9.84 Å². The first kappa shape index (κ1) is 12.9. The highest BCUT2D eigenvalue weighted by atomic mass is 16.5. The SMILES string of the molecule is CCC(CCO)NC1CCC(OC)CC1. The van der Waals surface area contributed by atoms with E-state index in [4.69, 9.17) is 9.84 Å². The van der Waals surface area contributed by atoms with Crippen molar-refractivity contribution in [3.63, 3.8) is 0 Å². The van der Waals surface area contributed by atoms with Crippen molar-refractivity contribution in [2.45, 2.75) is 63.6 Å². The van der Waals surface area contributed by atoms with Crippen molar-refractivity contribution in [1.29, 1.82) is 0 Å². The second kappa shape index (κ2) is 7.20. The number of hydrogen-bond acceptors (Lipinski definition) is 3. The molecule has 0 aromatic rings. The van der Waals surface area contributed by atoms with E-state index in [2.05, 4.69) is 12.2 Å². The fraction of sp³-hybridized carbons (Fsp3) is 1.00. The van der Waals surface area contributed by atoms with E-state index >= 15 is 0 Å². The lowest BCUT2D eigenvalue weighted by Gasteiger charge is -2.31. The molecule has 1 fully saturated rings. The van der Waals surface area contributed by atoms with E-state index in [9.17, 15) is 0 Å². The molecule has 0 heterocycles. The van der Waals surface area contributed by atoms with Crippen LogP contribution >= 0.6 is 0 Å². The molecule has 3 heteroatoms. The number of nitrogens with one attached hydrogen (secondary N) is 1. The van der Waals surface area contributed by atoms with Crippen LogP contribution in [0.15, 0.2) is 0 Å². The van der Waals surface area contributed by atoms with Crippen molar-refractivity contribution in [2.24, 2.45) is 0 Å². The summed E-state index contributed by atoms with van der Waals surface area (Å²) in [6.45, 7) is 2.47. The Morgan fingerprint density at radius 1 is 1.33 bits per heavy atom. The monoisotopic (exact) mass is 215 g/mol. The minimum Gasteiger partial charge on any atom is -0.396 e. The Morgan fingerprint density at radius 3 is 2.47 bits per heavy atom. The maximum atomic E-state index is 8.92. The summed E-state index contributed by atoms with van der Waals surface area (Å²) in [6.07, 6.45) is 7.21. The molecule has 1 aliphatic carbocycles. The molecule has 1 rings (SSSR count). The number of ether oxygens (including phenoxy) is 1. The maximum Gasteiger partial charge on any atom is 0.0572 e. The molecule has 0 amide bonds. The Kier molecular flexibility index (Phi) is 6.22. The Morgan fingerprint density at radius 2 is 2.00 bits per heavy atom. The third kappa shape index (κ3) is 4.49.